The number of hydrogen-bond donors (Lipinski definition) is 0. The summed E-state index contributed by atoms with van der Waals surface area (Å²) >= 11 is 0. The molecule has 114 valence electrons. The molecule has 0 amide bonds. The van der Waals surface area contributed by atoms with Crippen molar-refractivity contribution in [3.8, 4) is 0 Å². The Hall–Kier alpha value is -1.83. The van der Waals surface area contributed by atoms with E-state index >= 15 is 0 Å². The summed E-state index contributed by atoms with van der Waals surface area (Å²) in [4.78, 5) is 6.81. The molecule has 3 rings (SSSR count). The minimum absolute atomic E-state index is 0.209. The van der Waals surface area contributed by atoms with Gasteiger partial charge in [0.2, 0.25) is 5.89 Å². The van der Waals surface area contributed by atoms with E-state index in [1.54, 1.807) is 0 Å². The van der Waals surface area contributed by atoms with Crippen molar-refractivity contribution in [2.24, 2.45) is 0 Å². The van der Waals surface area contributed by atoms with Gasteiger partial charge in [-0.15, -0.1) is 5.10 Å². The van der Waals surface area contributed by atoms with Crippen LogP contribution in [0.3, 0.4) is 0 Å². The minimum Gasteiger partial charge on any atom is -0.339 e. The van der Waals surface area contributed by atoms with Gasteiger partial charge in [-0.2, -0.15) is 4.98 Å². The zero-order valence-electron chi connectivity index (χ0n) is 12.6. The van der Waals surface area contributed by atoms with Crippen LogP contribution in [0.5, 0.6) is 0 Å². The van der Waals surface area contributed by atoms with E-state index in [0.29, 0.717) is 5.89 Å². The van der Waals surface area contributed by atoms with Crippen LogP contribution in [0, 0.1) is 0 Å². The van der Waals surface area contributed by atoms with Gasteiger partial charge in [0.05, 0.1) is 12.6 Å². The zero-order valence-corrected chi connectivity index (χ0v) is 12.6. The van der Waals surface area contributed by atoms with E-state index in [0.717, 1.165) is 57.0 Å². The van der Waals surface area contributed by atoms with E-state index in [2.05, 4.69) is 37.5 Å². The van der Waals surface area contributed by atoms with Crippen LogP contribution in [0.1, 0.15) is 56.7 Å². The lowest BCUT2D eigenvalue weighted by Crippen LogP contribution is -2.25. The summed E-state index contributed by atoms with van der Waals surface area (Å²) in [6, 6.07) is 0.209. The van der Waals surface area contributed by atoms with Gasteiger partial charge in [0, 0.05) is 13.0 Å². The highest BCUT2D eigenvalue weighted by molar-refractivity contribution is 4.99. The fourth-order valence-electron chi connectivity index (χ4n) is 2.76. The first kappa shape index (κ1) is 14.1. The molecular weight excluding hydrogens is 270 g/mol. The molecule has 0 bridgehead atoms. The van der Waals surface area contributed by atoms with Crippen molar-refractivity contribution >= 4 is 0 Å². The van der Waals surface area contributed by atoms with Gasteiger partial charge in [0.15, 0.2) is 11.6 Å². The molecule has 0 radical (unpaired) electrons. The number of tetrazole rings is 1. The minimum atomic E-state index is 0.209. The van der Waals surface area contributed by atoms with E-state index in [9.17, 15) is 0 Å². The summed E-state index contributed by atoms with van der Waals surface area (Å²) in [7, 11) is 0. The molecule has 0 aliphatic carbocycles. The molecule has 0 unspecified atom stereocenters. The van der Waals surface area contributed by atoms with Gasteiger partial charge in [0.1, 0.15) is 0 Å². The maximum absolute atomic E-state index is 5.24. The van der Waals surface area contributed by atoms with Gasteiger partial charge in [-0.05, 0) is 36.2 Å². The van der Waals surface area contributed by atoms with Gasteiger partial charge in [-0.1, -0.05) is 19.0 Å². The normalized spacial score (nSPS) is 19.4. The van der Waals surface area contributed by atoms with Gasteiger partial charge < -0.3 is 4.52 Å². The van der Waals surface area contributed by atoms with Crippen molar-refractivity contribution < 1.29 is 4.52 Å². The highest BCUT2D eigenvalue weighted by Gasteiger charge is 2.31. The first-order chi connectivity index (χ1) is 10.3. The third kappa shape index (κ3) is 2.94. The molecule has 1 saturated heterocycles. The Bertz CT molecular complexity index is 579. The standard InChI is InChI=1S/C13H21N7O/c1-3-7-20-11(15-17-18-20)9-19-8-5-6-10(19)13-14-12(4-2)21-16-13/h10H,3-9H2,1-2H3/t10-/m0/s1. The Morgan fingerprint density at radius 3 is 3.00 bits per heavy atom. The molecule has 2 aromatic rings. The fourth-order valence-corrected chi connectivity index (χ4v) is 2.76. The second kappa shape index (κ2) is 6.30. The molecule has 1 atom stereocenters. The van der Waals surface area contributed by atoms with Crippen LogP contribution in [-0.4, -0.2) is 41.8 Å². The van der Waals surface area contributed by atoms with Gasteiger partial charge >= 0.3 is 0 Å². The van der Waals surface area contributed by atoms with Crippen molar-refractivity contribution in [2.45, 2.75) is 58.7 Å². The predicted octanol–water partition coefficient (Wildman–Crippen LogP) is 1.37. The molecule has 0 aromatic carbocycles. The quantitative estimate of drug-likeness (QED) is 0.794. The van der Waals surface area contributed by atoms with Crippen LogP contribution in [0.2, 0.25) is 0 Å². The Morgan fingerprint density at radius 2 is 2.24 bits per heavy atom. The predicted molar refractivity (Wildman–Crippen MR) is 74.2 cm³/mol. The lowest BCUT2D eigenvalue weighted by Gasteiger charge is -2.20. The van der Waals surface area contributed by atoms with E-state index < -0.39 is 0 Å². The van der Waals surface area contributed by atoms with E-state index in [1.165, 1.54) is 0 Å². The molecule has 8 nitrogen and oxygen atoms in total. The molecule has 0 N–H and O–H groups in total. The van der Waals surface area contributed by atoms with Crippen LogP contribution >= 0.6 is 0 Å². The third-order valence-electron chi connectivity index (χ3n) is 3.83. The summed E-state index contributed by atoms with van der Waals surface area (Å²) in [5.74, 6) is 2.40. The lowest BCUT2D eigenvalue weighted by molar-refractivity contribution is 0.224. The molecule has 8 heteroatoms. The van der Waals surface area contributed by atoms with Crippen LogP contribution < -0.4 is 0 Å². The van der Waals surface area contributed by atoms with Crippen molar-refractivity contribution in [2.75, 3.05) is 6.54 Å². The fraction of sp³-hybridized carbons (Fsp3) is 0.769. The lowest BCUT2D eigenvalue weighted by atomic mass is 10.2. The number of aromatic nitrogens is 6. The Morgan fingerprint density at radius 1 is 1.33 bits per heavy atom. The molecule has 2 aromatic heterocycles. The first-order valence-corrected chi connectivity index (χ1v) is 7.63. The average Bonchev–Trinajstić information content (AvgIpc) is 3.20. The van der Waals surface area contributed by atoms with Crippen molar-refractivity contribution in [3.05, 3.63) is 17.5 Å². The van der Waals surface area contributed by atoms with Crippen LogP contribution in [0.4, 0.5) is 0 Å². The summed E-state index contributed by atoms with van der Waals surface area (Å²) in [6.45, 7) is 6.73. The highest BCUT2D eigenvalue weighted by Crippen LogP contribution is 2.31. The van der Waals surface area contributed by atoms with E-state index in [-0.39, 0.29) is 6.04 Å². The molecule has 21 heavy (non-hydrogen) atoms. The molecule has 0 saturated carbocycles. The van der Waals surface area contributed by atoms with Crippen LogP contribution in [0.15, 0.2) is 4.52 Å². The van der Waals surface area contributed by atoms with Crippen LogP contribution in [-0.2, 0) is 19.5 Å². The number of likely N-dealkylation sites (tertiary alicyclic amines) is 1. The second-order valence-corrected chi connectivity index (χ2v) is 5.35. The number of nitrogens with zero attached hydrogens (tertiary/aromatic N) is 7. The smallest absolute Gasteiger partial charge is 0.226 e. The largest absolute Gasteiger partial charge is 0.339 e. The Balaban J connectivity index is 1.73. The molecule has 1 fully saturated rings. The average molecular weight is 291 g/mol. The van der Waals surface area contributed by atoms with E-state index in [4.69, 9.17) is 4.52 Å². The summed E-state index contributed by atoms with van der Waals surface area (Å²) < 4.78 is 7.12. The second-order valence-electron chi connectivity index (χ2n) is 5.35. The Labute approximate surface area is 123 Å². The first-order valence-electron chi connectivity index (χ1n) is 7.63. The number of aryl methyl sites for hydroxylation is 2. The molecule has 3 heterocycles. The SMILES string of the molecule is CCCn1nnnc1CN1CCC[C@H]1c1noc(CC)n1. The maximum atomic E-state index is 5.24. The zero-order chi connectivity index (χ0) is 14.7. The molecule has 0 spiro atoms. The molecule has 1 aliphatic heterocycles. The summed E-state index contributed by atoms with van der Waals surface area (Å²) in [5, 5.41) is 16.1. The van der Waals surface area contributed by atoms with Gasteiger partial charge in [-0.25, -0.2) is 4.68 Å². The van der Waals surface area contributed by atoms with Crippen molar-refractivity contribution in [3.63, 3.8) is 0 Å². The molecular formula is C13H21N7O. The summed E-state index contributed by atoms with van der Waals surface area (Å²) in [5.41, 5.74) is 0. The van der Waals surface area contributed by atoms with Crippen molar-refractivity contribution in [1.29, 1.82) is 0 Å². The van der Waals surface area contributed by atoms with Gasteiger partial charge in [0.25, 0.3) is 0 Å². The number of hydrogen-bond acceptors (Lipinski definition) is 7. The molecule has 1 aliphatic rings. The van der Waals surface area contributed by atoms with Crippen LogP contribution in [0.25, 0.3) is 0 Å². The number of rotatable bonds is 6. The Kier molecular flexibility index (Phi) is 4.23. The third-order valence-corrected chi connectivity index (χ3v) is 3.83. The van der Waals surface area contributed by atoms with Crippen molar-refractivity contribution in [1.82, 2.24) is 35.2 Å². The van der Waals surface area contributed by atoms with Gasteiger partial charge in [-0.3, -0.25) is 4.90 Å². The summed E-state index contributed by atoms with van der Waals surface area (Å²) in [6.07, 6.45) is 3.98. The monoisotopic (exact) mass is 291 g/mol. The highest BCUT2D eigenvalue weighted by atomic mass is 16.5. The van der Waals surface area contributed by atoms with E-state index in [1.807, 2.05) is 11.6 Å². The topological polar surface area (TPSA) is 85.8 Å². The maximum Gasteiger partial charge on any atom is 0.226 e.